The van der Waals surface area contributed by atoms with Gasteiger partial charge in [0.05, 0.1) is 21.2 Å². The largest absolute Gasteiger partial charge is 0.461 e. The second-order valence-corrected chi connectivity index (χ2v) is 6.87. The number of hydrogen-bond acceptors (Lipinski definition) is 5. The van der Waals surface area contributed by atoms with Crippen LogP contribution in [0, 0.1) is 0 Å². The highest BCUT2D eigenvalue weighted by molar-refractivity contribution is 6.35. The first-order valence-corrected chi connectivity index (χ1v) is 9.66. The van der Waals surface area contributed by atoms with Gasteiger partial charge in [-0.05, 0) is 49.5 Å². The minimum absolute atomic E-state index is 0.189. The zero-order chi connectivity index (χ0) is 20.7. The van der Waals surface area contributed by atoms with E-state index in [1.807, 2.05) is 13.8 Å². The molecule has 0 spiro atoms. The van der Waals surface area contributed by atoms with Gasteiger partial charge in [0.1, 0.15) is 6.61 Å². The molecule has 6 nitrogen and oxygen atoms in total. The highest BCUT2D eigenvalue weighted by Gasteiger charge is 2.15. The van der Waals surface area contributed by atoms with E-state index in [1.165, 1.54) is 24.3 Å². The number of ether oxygens (including phenoxy) is 1. The molecule has 0 saturated carbocycles. The smallest absolute Gasteiger partial charge is 0.339 e. The zero-order valence-electron chi connectivity index (χ0n) is 15.8. The van der Waals surface area contributed by atoms with Gasteiger partial charge in [-0.15, -0.1) is 0 Å². The second kappa shape index (κ2) is 10.3. The zero-order valence-corrected chi connectivity index (χ0v) is 17.3. The average molecular weight is 424 g/mol. The van der Waals surface area contributed by atoms with Crippen molar-refractivity contribution < 1.29 is 14.3 Å². The number of amides is 1. The van der Waals surface area contributed by atoms with Gasteiger partial charge in [0, 0.05) is 17.9 Å². The van der Waals surface area contributed by atoms with E-state index in [2.05, 4.69) is 10.2 Å². The number of nitrogen functional groups attached to an aromatic ring is 1. The summed E-state index contributed by atoms with van der Waals surface area (Å²) in [5, 5.41) is 3.13. The van der Waals surface area contributed by atoms with Crippen LogP contribution in [-0.4, -0.2) is 43.0 Å². The molecule has 0 heterocycles. The number of likely N-dealkylation sites (N-methyl/N-ethyl adjacent to an activating group) is 1. The Bertz CT molecular complexity index is 855. The van der Waals surface area contributed by atoms with Gasteiger partial charge in [-0.1, -0.05) is 37.0 Å². The molecule has 2 rings (SSSR count). The molecule has 0 radical (unpaired) electrons. The first-order chi connectivity index (χ1) is 13.3. The van der Waals surface area contributed by atoms with Crippen molar-refractivity contribution in [2.75, 3.05) is 37.3 Å². The minimum Gasteiger partial charge on any atom is -0.461 e. The van der Waals surface area contributed by atoms with Crippen molar-refractivity contribution in [2.45, 2.75) is 13.8 Å². The summed E-state index contributed by atoms with van der Waals surface area (Å²) in [6, 6.07) is 9.21. The van der Waals surface area contributed by atoms with Crippen molar-refractivity contribution in [1.29, 1.82) is 0 Å². The van der Waals surface area contributed by atoms with E-state index in [-0.39, 0.29) is 27.8 Å². The van der Waals surface area contributed by atoms with E-state index in [1.54, 1.807) is 12.1 Å². The van der Waals surface area contributed by atoms with Crippen LogP contribution in [0.5, 0.6) is 0 Å². The van der Waals surface area contributed by atoms with Crippen LogP contribution in [0.2, 0.25) is 10.0 Å². The van der Waals surface area contributed by atoms with E-state index >= 15 is 0 Å². The Morgan fingerprint density at radius 1 is 1.04 bits per heavy atom. The highest BCUT2D eigenvalue weighted by atomic mass is 35.5. The summed E-state index contributed by atoms with van der Waals surface area (Å²) in [4.78, 5) is 26.7. The molecule has 150 valence electrons. The fraction of sp³-hybridized carbons (Fsp3) is 0.300. The highest BCUT2D eigenvalue weighted by Crippen LogP contribution is 2.24. The van der Waals surface area contributed by atoms with Crippen LogP contribution >= 0.6 is 23.2 Å². The third kappa shape index (κ3) is 5.86. The van der Waals surface area contributed by atoms with Crippen molar-refractivity contribution in [1.82, 2.24) is 4.90 Å². The standard InChI is InChI=1S/C20H23Cl2N3O3/c1-3-25(4-2)9-10-28-20(27)16-8-6-14(12-18(16)22)24-19(26)15-7-5-13(23)11-17(15)21/h5-8,11-12H,3-4,9-10,23H2,1-2H3,(H,24,26). The quantitative estimate of drug-likeness (QED) is 0.487. The molecule has 0 bridgehead atoms. The molecule has 8 heteroatoms. The van der Waals surface area contributed by atoms with Crippen LogP contribution in [0.1, 0.15) is 34.6 Å². The van der Waals surface area contributed by atoms with Crippen molar-refractivity contribution >= 4 is 46.5 Å². The molecule has 0 aliphatic heterocycles. The Kier molecular flexibility index (Phi) is 8.11. The molecule has 1 amide bonds. The van der Waals surface area contributed by atoms with Crippen molar-refractivity contribution in [3.63, 3.8) is 0 Å². The number of nitrogens with one attached hydrogen (secondary N) is 1. The third-order valence-electron chi connectivity index (χ3n) is 4.22. The molecule has 2 aromatic rings. The van der Waals surface area contributed by atoms with Gasteiger partial charge in [0.15, 0.2) is 0 Å². The molecule has 0 fully saturated rings. The molecule has 3 N–H and O–H groups in total. The summed E-state index contributed by atoms with van der Waals surface area (Å²) < 4.78 is 5.28. The number of nitrogens with two attached hydrogens (primary N) is 1. The Hall–Kier alpha value is -2.28. The average Bonchev–Trinajstić information content (AvgIpc) is 2.65. The van der Waals surface area contributed by atoms with Gasteiger partial charge >= 0.3 is 5.97 Å². The van der Waals surface area contributed by atoms with Gasteiger partial charge in [-0.25, -0.2) is 4.79 Å². The summed E-state index contributed by atoms with van der Waals surface area (Å²) >= 11 is 12.2. The first-order valence-electron chi connectivity index (χ1n) is 8.91. The van der Waals surface area contributed by atoms with Gasteiger partial charge in [0.25, 0.3) is 5.91 Å². The van der Waals surface area contributed by atoms with Crippen molar-refractivity contribution in [2.24, 2.45) is 0 Å². The summed E-state index contributed by atoms with van der Waals surface area (Å²) in [7, 11) is 0. The Morgan fingerprint density at radius 2 is 1.68 bits per heavy atom. The maximum Gasteiger partial charge on any atom is 0.339 e. The van der Waals surface area contributed by atoms with Gasteiger partial charge < -0.3 is 20.7 Å². The molecule has 0 aliphatic rings. The van der Waals surface area contributed by atoms with Crippen LogP contribution in [-0.2, 0) is 4.74 Å². The summed E-state index contributed by atoms with van der Waals surface area (Å²) in [6.45, 7) is 6.82. The predicted octanol–water partition coefficient (Wildman–Crippen LogP) is 4.33. The van der Waals surface area contributed by atoms with Crippen LogP contribution in [0.15, 0.2) is 36.4 Å². The number of anilines is 2. The van der Waals surface area contributed by atoms with Crippen molar-refractivity contribution in [3.05, 3.63) is 57.6 Å². The number of carbonyl (C=O) groups excluding carboxylic acids is 2. The number of carbonyl (C=O) groups is 2. The number of hydrogen-bond donors (Lipinski definition) is 2. The Labute approximate surface area is 174 Å². The number of esters is 1. The third-order valence-corrected chi connectivity index (χ3v) is 4.85. The Morgan fingerprint density at radius 3 is 2.29 bits per heavy atom. The summed E-state index contributed by atoms with van der Waals surface area (Å²) in [5.41, 5.74) is 7.06. The fourth-order valence-electron chi connectivity index (χ4n) is 2.56. The van der Waals surface area contributed by atoms with Crippen LogP contribution in [0.4, 0.5) is 11.4 Å². The number of rotatable bonds is 8. The summed E-state index contributed by atoms with van der Waals surface area (Å²) in [5.74, 6) is -0.910. The molecule has 2 aromatic carbocycles. The van der Waals surface area contributed by atoms with E-state index in [0.29, 0.717) is 17.9 Å². The number of halogens is 2. The molecular weight excluding hydrogens is 401 g/mol. The number of nitrogens with zero attached hydrogens (tertiary/aromatic N) is 1. The normalized spacial score (nSPS) is 10.8. The first kappa shape index (κ1) is 22.0. The molecule has 0 unspecified atom stereocenters. The second-order valence-electron chi connectivity index (χ2n) is 6.05. The molecule has 0 aromatic heterocycles. The van der Waals surface area contributed by atoms with E-state index in [9.17, 15) is 9.59 Å². The molecule has 0 saturated heterocycles. The van der Waals surface area contributed by atoms with Gasteiger partial charge in [-0.3, -0.25) is 4.79 Å². The molecule has 0 atom stereocenters. The van der Waals surface area contributed by atoms with E-state index < -0.39 is 11.9 Å². The number of benzene rings is 2. The lowest BCUT2D eigenvalue weighted by atomic mass is 10.1. The van der Waals surface area contributed by atoms with Crippen LogP contribution < -0.4 is 11.1 Å². The predicted molar refractivity (Wildman–Crippen MR) is 113 cm³/mol. The lowest BCUT2D eigenvalue weighted by molar-refractivity contribution is 0.0466. The monoisotopic (exact) mass is 423 g/mol. The molecular formula is C20H23Cl2N3O3. The van der Waals surface area contributed by atoms with E-state index in [4.69, 9.17) is 33.7 Å². The van der Waals surface area contributed by atoms with Crippen LogP contribution in [0.3, 0.4) is 0 Å². The SMILES string of the molecule is CCN(CC)CCOC(=O)c1ccc(NC(=O)c2ccc(N)cc2Cl)cc1Cl. The van der Waals surface area contributed by atoms with Gasteiger partial charge in [0.2, 0.25) is 0 Å². The lowest BCUT2D eigenvalue weighted by Crippen LogP contribution is -2.27. The molecule has 28 heavy (non-hydrogen) atoms. The van der Waals surface area contributed by atoms with E-state index in [0.717, 1.165) is 13.1 Å². The maximum absolute atomic E-state index is 12.4. The van der Waals surface area contributed by atoms with Crippen LogP contribution in [0.25, 0.3) is 0 Å². The van der Waals surface area contributed by atoms with Gasteiger partial charge in [-0.2, -0.15) is 0 Å². The van der Waals surface area contributed by atoms with Crippen molar-refractivity contribution in [3.8, 4) is 0 Å². The fourth-order valence-corrected chi connectivity index (χ4v) is 3.09. The minimum atomic E-state index is -0.503. The topological polar surface area (TPSA) is 84.7 Å². The maximum atomic E-state index is 12.4. The summed E-state index contributed by atoms with van der Waals surface area (Å²) in [6.07, 6.45) is 0. The lowest BCUT2D eigenvalue weighted by Gasteiger charge is -2.17. The molecule has 0 aliphatic carbocycles. The Balaban J connectivity index is 2.01.